The Bertz CT molecular complexity index is 269. The minimum absolute atomic E-state index is 0.103. The molecular weight excluding hydrogens is 224 g/mol. The van der Waals surface area contributed by atoms with Crippen molar-refractivity contribution < 1.29 is 14.1 Å². The van der Waals surface area contributed by atoms with Gasteiger partial charge in [0, 0.05) is 16.6 Å². The van der Waals surface area contributed by atoms with Crippen molar-refractivity contribution in [2.45, 2.75) is 57.6 Å². The zero-order chi connectivity index (χ0) is 12.2. The van der Waals surface area contributed by atoms with Crippen LogP contribution < -0.4 is 0 Å². The summed E-state index contributed by atoms with van der Waals surface area (Å²) in [6.45, 7) is 3.94. The first-order valence-electron chi connectivity index (χ1n) is 6.08. The van der Waals surface area contributed by atoms with Crippen LogP contribution in [0, 0.1) is 5.41 Å². The SMILES string of the molecule is CCC(C(=O)O)S(=O)CC1(C)CCCCC1. The second-order valence-electron chi connectivity index (χ2n) is 5.13. The molecule has 0 spiro atoms. The summed E-state index contributed by atoms with van der Waals surface area (Å²) in [5, 5.41) is 8.28. The maximum Gasteiger partial charge on any atom is 0.319 e. The van der Waals surface area contributed by atoms with Crippen molar-refractivity contribution in [1.82, 2.24) is 0 Å². The molecule has 1 aliphatic carbocycles. The molecule has 0 saturated heterocycles. The van der Waals surface area contributed by atoms with E-state index in [0.717, 1.165) is 12.8 Å². The van der Waals surface area contributed by atoms with Crippen molar-refractivity contribution in [3.05, 3.63) is 0 Å². The molecule has 94 valence electrons. The fourth-order valence-corrected chi connectivity index (χ4v) is 4.24. The van der Waals surface area contributed by atoms with E-state index in [1.165, 1.54) is 19.3 Å². The quantitative estimate of drug-likeness (QED) is 0.811. The van der Waals surface area contributed by atoms with Crippen molar-refractivity contribution >= 4 is 16.8 Å². The lowest BCUT2D eigenvalue weighted by Gasteiger charge is -2.33. The maximum atomic E-state index is 12.0. The monoisotopic (exact) mass is 246 g/mol. The Morgan fingerprint density at radius 2 is 1.94 bits per heavy atom. The van der Waals surface area contributed by atoms with E-state index in [2.05, 4.69) is 6.92 Å². The molecular formula is C12H22O3S. The first-order chi connectivity index (χ1) is 7.48. The lowest BCUT2D eigenvalue weighted by atomic mass is 9.77. The average Bonchev–Trinajstić information content (AvgIpc) is 2.18. The van der Waals surface area contributed by atoms with Gasteiger partial charge < -0.3 is 5.11 Å². The first-order valence-corrected chi connectivity index (χ1v) is 7.47. The van der Waals surface area contributed by atoms with E-state index in [1.807, 2.05) is 0 Å². The number of carboxylic acid groups (broad SMARTS) is 1. The Kier molecular flexibility index (Phi) is 4.96. The van der Waals surface area contributed by atoms with Crippen LogP contribution in [-0.4, -0.2) is 26.3 Å². The highest BCUT2D eigenvalue weighted by Gasteiger charge is 2.33. The summed E-state index contributed by atoms with van der Waals surface area (Å²) in [5.41, 5.74) is 0.103. The van der Waals surface area contributed by atoms with Crippen LogP contribution in [0.4, 0.5) is 0 Å². The van der Waals surface area contributed by atoms with Gasteiger partial charge in [0.2, 0.25) is 0 Å². The van der Waals surface area contributed by atoms with Gasteiger partial charge in [0.25, 0.3) is 0 Å². The van der Waals surface area contributed by atoms with Gasteiger partial charge in [0.1, 0.15) is 5.25 Å². The minimum atomic E-state index is -1.22. The van der Waals surface area contributed by atoms with Gasteiger partial charge in [-0.3, -0.25) is 9.00 Å². The topological polar surface area (TPSA) is 54.4 Å². The molecule has 2 atom stereocenters. The van der Waals surface area contributed by atoms with E-state index < -0.39 is 22.0 Å². The number of hydrogen-bond acceptors (Lipinski definition) is 2. The lowest BCUT2D eigenvalue weighted by molar-refractivity contribution is -0.136. The summed E-state index contributed by atoms with van der Waals surface area (Å²) in [7, 11) is -1.22. The van der Waals surface area contributed by atoms with Crippen molar-refractivity contribution in [1.29, 1.82) is 0 Å². The highest BCUT2D eigenvalue weighted by Crippen LogP contribution is 2.36. The molecule has 3 nitrogen and oxygen atoms in total. The molecule has 1 rings (SSSR count). The summed E-state index contributed by atoms with van der Waals surface area (Å²) in [6, 6.07) is 0. The molecule has 16 heavy (non-hydrogen) atoms. The molecule has 0 amide bonds. The van der Waals surface area contributed by atoms with Crippen molar-refractivity contribution in [2.24, 2.45) is 5.41 Å². The number of carbonyl (C=O) groups is 1. The van der Waals surface area contributed by atoms with Gasteiger partial charge in [-0.15, -0.1) is 0 Å². The largest absolute Gasteiger partial charge is 0.480 e. The number of rotatable bonds is 5. The maximum absolute atomic E-state index is 12.0. The average molecular weight is 246 g/mol. The standard InChI is InChI=1S/C12H22O3S/c1-3-10(11(13)14)16(15)9-12(2)7-5-4-6-8-12/h10H,3-9H2,1-2H3,(H,13,14). The Morgan fingerprint density at radius 3 is 2.38 bits per heavy atom. The van der Waals surface area contributed by atoms with Gasteiger partial charge in [-0.25, -0.2) is 0 Å². The van der Waals surface area contributed by atoms with Gasteiger partial charge >= 0.3 is 5.97 Å². The van der Waals surface area contributed by atoms with Gasteiger partial charge in [0.15, 0.2) is 0 Å². The molecule has 0 radical (unpaired) electrons. The molecule has 1 fully saturated rings. The van der Waals surface area contributed by atoms with Crippen LogP contribution in [-0.2, 0) is 15.6 Å². The van der Waals surface area contributed by atoms with Crippen LogP contribution in [0.1, 0.15) is 52.4 Å². The second kappa shape index (κ2) is 5.80. The minimum Gasteiger partial charge on any atom is -0.480 e. The molecule has 0 aliphatic heterocycles. The summed E-state index contributed by atoms with van der Waals surface area (Å²) >= 11 is 0. The normalized spacial score (nSPS) is 23.6. The fourth-order valence-electron chi connectivity index (χ4n) is 2.47. The summed E-state index contributed by atoms with van der Waals surface area (Å²) in [4.78, 5) is 10.9. The van der Waals surface area contributed by atoms with E-state index >= 15 is 0 Å². The van der Waals surface area contributed by atoms with Gasteiger partial charge in [-0.05, 0) is 24.7 Å². The molecule has 4 heteroatoms. The molecule has 1 aliphatic rings. The van der Waals surface area contributed by atoms with Crippen LogP contribution in [0.2, 0.25) is 0 Å². The first kappa shape index (κ1) is 13.7. The Balaban J connectivity index is 2.58. The van der Waals surface area contributed by atoms with Crippen LogP contribution in [0.15, 0.2) is 0 Å². The third-order valence-electron chi connectivity index (χ3n) is 3.51. The molecule has 0 aromatic heterocycles. The molecule has 0 bridgehead atoms. The highest BCUT2D eigenvalue weighted by molar-refractivity contribution is 7.86. The fraction of sp³-hybridized carbons (Fsp3) is 0.917. The molecule has 0 heterocycles. The number of carboxylic acids is 1. The van der Waals surface area contributed by atoms with Crippen molar-refractivity contribution in [3.8, 4) is 0 Å². The van der Waals surface area contributed by atoms with Gasteiger partial charge in [-0.2, -0.15) is 0 Å². The lowest BCUT2D eigenvalue weighted by Crippen LogP contribution is -2.34. The molecule has 1 N–H and O–H groups in total. The summed E-state index contributed by atoms with van der Waals surface area (Å²) in [5.74, 6) is -0.363. The van der Waals surface area contributed by atoms with Crippen LogP contribution in [0.25, 0.3) is 0 Å². The van der Waals surface area contributed by atoms with Crippen LogP contribution in [0.5, 0.6) is 0 Å². The van der Waals surface area contributed by atoms with E-state index in [1.54, 1.807) is 6.92 Å². The second-order valence-corrected chi connectivity index (χ2v) is 6.75. The highest BCUT2D eigenvalue weighted by atomic mass is 32.2. The third kappa shape index (κ3) is 3.58. The molecule has 2 unspecified atom stereocenters. The Morgan fingerprint density at radius 1 is 1.38 bits per heavy atom. The predicted molar refractivity (Wildman–Crippen MR) is 65.9 cm³/mol. The van der Waals surface area contributed by atoms with E-state index in [0.29, 0.717) is 12.2 Å². The van der Waals surface area contributed by atoms with Crippen molar-refractivity contribution in [2.75, 3.05) is 5.75 Å². The smallest absolute Gasteiger partial charge is 0.319 e. The summed E-state index contributed by atoms with van der Waals surface area (Å²) < 4.78 is 12.0. The zero-order valence-electron chi connectivity index (χ0n) is 10.2. The molecule has 0 aromatic carbocycles. The Hall–Kier alpha value is -0.380. The molecule has 0 aromatic rings. The number of aliphatic carboxylic acids is 1. The number of hydrogen-bond donors (Lipinski definition) is 1. The zero-order valence-corrected chi connectivity index (χ0v) is 11.0. The van der Waals surface area contributed by atoms with Gasteiger partial charge in [0.05, 0.1) is 0 Å². The van der Waals surface area contributed by atoms with E-state index in [-0.39, 0.29) is 5.41 Å². The Labute approximate surface area is 100 Å². The molecule has 1 saturated carbocycles. The van der Waals surface area contributed by atoms with Crippen LogP contribution in [0.3, 0.4) is 0 Å². The van der Waals surface area contributed by atoms with Gasteiger partial charge in [-0.1, -0.05) is 33.1 Å². The predicted octanol–water partition coefficient (Wildman–Crippen LogP) is 2.57. The van der Waals surface area contributed by atoms with E-state index in [9.17, 15) is 9.00 Å². The third-order valence-corrected chi connectivity index (χ3v) is 5.67. The van der Waals surface area contributed by atoms with E-state index in [4.69, 9.17) is 5.11 Å². The van der Waals surface area contributed by atoms with Crippen LogP contribution >= 0.6 is 0 Å². The summed E-state index contributed by atoms with van der Waals surface area (Å²) in [6.07, 6.45) is 6.29. The van der Waals surface area contributed by atoms with Crippen molar-refractivity contribution in [3.63, 3.8) is 0 Å².